The maximum atomic E-state index is 9.64. The van der Waals surface area contributed by atoms with Gasteiger partial charge in [-0.1, -0.05) is 12.7 Å². The molecule has 0 rings (SSSR count). The average molecular weight is 148 g/mol. The zero-order valence-electron chi connectivity index (χ0n) is 6.24. The van der Waals surface area contributed by atoms with Crippen molar-refractivity contribution in [2.75, 3.05) is 0 Å². The minimum absolute atomic E-state index is 0.402. The van der Waals surface area contributed by atoms with E-state index in [1.54, 1.807) is 13.0 Å². The normalized spacial score (nSPS) is 12.0. The Hall–Kier alpha value is -1.69. The highest BCUT2D eigenvalue weighted by atomic mass is 16.2. The molecule has 3 nitrogen and oxygen atoms in total. The van der Waals surface area contributed by atoms with Crippen molar-refractivity contribution in [1.82, 2.24) is 0 Å². The van der Waals surface area contributed by atoms with Crippen molar-refractivity contribution in [2.24, 2.45) is 5.18 Å². The molecule has 0 aliphatic rings. The van der Waals surface area contributed by atoms with Gasteiger partial charge in [-0.2, -0.15) is 5.26 Å². The fraction of sp³-hybridized carbons (Fsp3) is 0.125. The summed E-state index contributed by atoms with van der Waals surface area (Å²) in [5.41, 5.74) is 1.13. The molecule has 0 bridgehead atoms. The molecule has 0 aliphatic heterocycles. The number of nitroso groups, excluding NO2 is 1. The van der Waals surface area contributed by atoms with Crippen LogP contribution in [-0.2, 0) is 0 Å². The number of allylic oxidation sites excluding steroid dienone is 4. The van der Waals surface area contributed by atoms with Crippen LogP contribution in [0.4, 0.5) is 0 Å². The van der Waals surface area contributed by atoms with Gasteiger partial charge in [0.2, 0.25) is 0 Å². The monoisotopic (exact) mass is 148 g/mol. The zero-order chi connectivity index (χ0) is 8.69. The van der Waals surface area contributed by atoms with Crippen molar-refractivity contribution in [1.29, 1.82) is 5.26 Å². The van der Waals surface area contributed by atoms with Crippen LogP contribution in [0.2, 0.25) is 0 Å². The lowest BCUT2D eigenvalue weighted by Crippen LogP contribution is -1.76. The third kappa shape index (κ3) is 3.11. The number of hydrogen-bond acceptors (Lipinski definition) is 3. The Bertz CT molecular complexity index is 256. The number of rotatable bonds is 3. The van der Waals surface area contributed by atoms with E-state index in [9.17, 15) is 4.91 Å². The highest BCUT2D eigenvalue weighted by Gasteiger charge is 1.91. The summed E-state index contributed by atoms with van der Waals surface area (Å²) in [7, 11) is 0. The minimum Gasteiger partial charge on any atom is -0.192 e. The van der Waals surface area contributed by atoms with E-state index in [0.717, 1.165) is 11.8 Å². The van der Waals surface area contributed by atoms with E-state index < -0.39 is 0 Å². The van der Waals surface area contributed by atoms with Crippen molar-refractivity contribution in [3.8, 4) is 6.07 Å². The van der Waals surface area contributed by atoms with E-state index in [1.807, 2.05) is 6.07 Å². The summed E-state index contributed by atoms with van der Waals surface area (Å²) in [6, 6.07) is 1.91. The third-order valence-electron chi connectivity index (χ3n) is 1.15. The lowest BCUT2D eigenvalue weighted by Gasteiger charge is -1.90. The van der Waals surface area contributed by atoms with Gasteiger partial charge in [0.15, 0.2) is 0 Å². The molecule has 0 atom stereocenters. The van der Waals surface area contributed by atoms with E-state index in [2.05, 4.69) is 11.8 Å². The fourth-order valence-corrected chi connectivity index (χ4v) is 0.472. The van der Waals surface area contributed by atoms with Gasteiger partial charge >= 0.3 is 0 Å². The van der Waals surface area contributed by atoms with Crippen LogP contribution < -0.4 is 0 Å². The van der Waals surface area contributed by atoms with Crippen molar-refractivity contribution in [2.45, 2.75) is 6.92 Å². The van der Waals surface area contributed by atoms with Crippen molar-refractivity contribution in [3.05, 3.63) is 41.0 Å². The molecule has 0 saturated heterocycles. The fourth-order valence-electron chi connectivity index (χ4n) is 0.472. The second-order valence-electron chi connectivity index (χ2n) is 1.83. The summed E-state index contributed by atoms with van der Waals surface area (Å²) in [6.45, 7) is 5.22. The Morgan fingerprint density at radius 2 is 2.36 bits per heavy atom. The summed E-state index contributed by atoms with van der Waals surface area (Å²) in [6.07, 6.45) is 3.93. The van der Waals surface area contributed by atoms with Crippen LogP contribution >= 0.6 is 0 Å². The largest absolute Gasteiger partial charge is 0.192 e. The van der Waals surface area contributed by atoms with E-state index >= 15 is 0 Å². The molecule has 0 fully saturated rings. The predicted octanol–water partition coefficient (Wildman–Crippen LogP) is 2.29. The van der Waals surface area contributed by atoms with Crippen molar-refractivity contribution >= 4 is 0 Å². The molecule has 0 aromatic heterocycles. The highest BCUT2D eigenvalue weighted by molar-refractivity contribution is 5.40. The van der Waals surface area contributed by atoms with Crippen LogP contribution in [0, 0.1) is 16.2 Å². The van der Waals surface area contributed by atoms with Gasteiger partial charge in [0, 0.05) is 0 Å². The predicted molar refractivity (Wildman–Crippen MR) is 43.4 cm³/mol. The van der Waals surface area contributed by atoms with Crippen molar-refractivity contribution < 1.29 is 0 Å². The topological polar surface area (TPSA) is 53.2 Å². The molecule has 56 valence electrons. The van der Waals surface area contributed by atoms with E-state index in [1.165, 1.54) is 6.08 Å². The summed E-state index contributed by atoms with van der Waals surface area (Å²) in [5.74, 6) is 0. The third-order valence-corrected chi connectivity index (χ3v) is 1.15. The van der Waals surface area contributed by atoms with E-state index in [0.29, 0.717) is 5.57 Å². The Balaban J connectivity index is 4.69. The van der Waals surface area contributed by atoms with Gasteiger partial charge in [0.25, 0.3) is 0 Å². The van der Waals surface area contributed by atoms with Gasteiger partial charge in [-0.25, -0.2) is 0 Å². The Morgan fingerprint density at radius 1 is 1.73 bits per heavy atom. The van der Waals surface area contributed by atoms with Gasteiger partial charge in [-0.05, 0) is 23.7 Å². The molecule has 0 spiro atoms. The first kappa shape index (κ1) is 9.31. The number of nitriles is 1. The smallest absolute Gasteiger partial charge is 0.0994 e. The second kappa shape index (κ2) is 5.12. The molecule has 0 aromatic rings. The zero-order valence-corrected chi connectivity index (χ0v) is 6.24. The van der Waals surface area contributed by atoms with Crippen LogP contribution in [0.15, 0.2) is 41.3 Å². The van der Waals surface area contributed by atoms with Crippen LogP contribution in [0.1, 0.15) is 6.92 Å². The Kier molecular flexibility index (Phi) is 4.34. The minimum atomic E-state index is 0.402. The van der Waals surface area contributed by atoms with Crippen LogP contribution in [0.3, 0.4) is 0 Å². The van der Waals surface area contributed by atoms with Gasteiger partial charge in [0.1, 0.15) is 0 Å². The maximum Gasteiger partial charge on any atom is 0.0994 e. The van der Waals surface area contributed by atoms with Crippen LogP contribution in [-0.4, -0.2) is 0 Å². The Morgan fingerprint density at radius 3 is 2.73 bits per heavy atom. The van der Waals surface area contributed by atoms with Gasteiger partial charge in [-0.15, -0.1) is 4.91 Å². The summed E-state index contributed by atoms with van der Waals surface area (Å²) in [5, 5.41) is 11.0. The first-order chi connectivity index (χ1) is 5.26. The summed E-state index contributed by atoms with van der Waals surface area (Å²) >= 11 is 0. The van der Waals surface area contributed by atoms with Gasteiger partial charge in [-0.3, -0.25) is 0 Å². The lowest BCUT2D eigenvalue weighted by atomic mass is 10.1. The number of hydrogen-bond donors (Lipinski definition) is 0. The molecular weight excluding hydrogens is 140 g/mol. The molecular formula is C8H8N2O. The van der Waals surface area contributed by atoms with Crippen LogP contribution in [0.25, 0.3) is 0 Å². The summed E-state index contributed by atoms with van der Waals surface area (Å²) < 4.78 is 0. The Labute approximate surface area is 65.3 Å². The molecule has 0 saturated carbocycles. The quantitative estimate of drug-likeness (QED) is 0.350. The van der Waals surface area contributed by atoms with E-state index in [-0.39, 0.29) is 0 Å². The first-order valence-corrected chi connectivity index (χ1v) is 2.98. The van der Waals surface area contributed by atoms with E-state index in [4.69, 9.17) is 5.26 Å². The maximum absolute atomic E-state index is 9.64. The van der Waals surface area contributed by atoms with Gasteiger partial charge < -0.3 is 0 Å². The van der Waals surface area contributed by atoms with Crippen LogP contribution in [0.5, 0.6) is 0 Å². The average Bonchev–Trinajstić information content (AvgIpc) is 2.05. The van der Waals surface area contributed by atoms with Crippen molar-refractivity contribution in [3.63, 3.8) is 0 Å². The molecule has 0 aliphatic carbocycles. The first-order valence-electron chi connectivity index (χ1n) is 2.98. The second-order valence-corrected chi connectivity index (χ2v) is 1.83. The summed E-state index contributed by atoms with van der Waals surface area (Å²) in [4.78, 5) is 9.64. The van der Waals surface area contributed by atoms with Gasteiger partial charge in [0.05, 0.1) is 17.8 Å². The highest BCUT2D eigenvalue weighted by Crippen LogP contribution is 2.04. The molecule has 0 N–H and O–H groups in total. The SMILES string of the molecule is C=C/C(C)=C(C#N)\C=C/N=O. The molecule has 3 heteroatoms. The molecule has 0 aromatic carbocycles. The molecule has 0 amide bonds. The molecule has 0 radical (unpaired) electrons. The lowest BCUT2D eigenvalue weighted by molar-refractivity contribution is 1.40. The standard InChI is InChI=1S/C8H8N2O/c1-3-7(2)8(6-9)4-5-10-11/h3-5H,1H2,2H3/b5-4-,8-7+. The molecule has 11 heavy (non-hydrogen) atoms. The number of nitrogens with zero attached hydrogens (tertiary/aromatic N) is 2. The molecule has 0 heterocycles. The molecule has 0 unspecified atom stereocenters.